The Kier molecular flexibility index (Phi) is 4.91. The average molecular weight is 284 g/mol. The van der Waals surface area contributed by atoms with Gasteiger partial charge in [-0.1, -0.05) is 18.2 Å². The molecular formula is C16H16N2OS. The second-order valence-electron chi connectivity index (χ2n) is 4.19. The molecule has 2 aromatic rings. The highest BCUT2D eigenvalue weighted by molar-refractivity contribution is 7.98. The lowest BCUT2D eigenvalue weighted by Crippen LogP contribution is -1.95. The number of rotatable bonds is 5. The molecule has 2 N–H and O–H groups in total. The van der Waals surface area contributed by atoms with E-state index in [4.69, 9.17) is 15.7 Å². The third kappa shape index (κ3) is 3.46. The van der Waals surface area contributed by atoms with Crippen molar-refractivity contribution in [3.05, 3.63) is 53.6 Å². The Morgan fingerprint density at radius 1 is 1.25 bits per heavy atom. The van der Waals surface area contributed by atoms with Crippen molar-refractivity contribution in [2.24, 2.45) is 0 Å². The molecule has 0 heterocycles. The highest BCUT2D eigenvalue weighted by Crippen LogP contribution is 2.32. The molecule has 0 amide bonds. The summed E-state index contributed by atoms with van der Waals surface area (Å²) in [5, 5.41) is 9.08. The number of ether oxygens (including phenoxy) is 1. The van der Waals surface area contributed by atoms with E-state index in [1.54, 1.807) is 11.8 Å². The molecule has 0 aliphatic rings. The molecule has 0 aliphatic carbocycles. The van der Waals surface area contributed by atoms with Crippen LogP contribution in [0.3, 0.4) is 0 Å². The fourth-order valence-electron chi connectivity index (χ4n) is 1.81. The summed E-state index contributed by atoms with van der Waals surface area (Å²) in [4.78, 5) is 0.976. The van der Waals surface area contributed by atoms with E-state index in [0.717, 1.165) is 21.9 Å². The van der Waals surface area contributed by atoms with Gasteiger partial charge in [-0.05, 0) is 36.8 Å². The Labute approximate surface area is 123 Å². The maximum absolute atomic E-state index is 9.08. The molecule has 0 aliphatic heterocycles. The van der Waals surface area contributed by atoms with Crippen LogP contribution >= 0.6 is 11.8 Å². The van der Waals surface area contributed by atoms with Gasteiger partial charge in [-0.15, -0.1) is 11.8 Å². The van der Waals surface area contributed by atoms with E-state index in [0.29, 0.717) is 17.9 Å². The van der Waals surface area contributed by atoms with Crippen LogP contribution in [0.2, 0.25) is 0 Å². The average Bonchev–Trinajstić information content (AvgIpc) is 2.48. The molecule has 0 saturated heterocycles. The van der Waals surface area contributed by atoms with Gasteiger partial charge >= 0.3 is 0 Å². The van der Waals surface area contributed by atoms with Crippen molar-refractivity contribution in [1.82, 2.24) is 0 Å². The lowest BCUT2D eigenvalue weighted by Gasteiger charge is -2.09. The molecule has 0 aromatic heterocycles. The fourth-order valence-corrected chi connectivity index (χ4v) is 2.80. The number of nitrogen functional groups attached to an aromatic ring is 1. The Balaban J connectivity index is 2.14. The molecule has 0 saturated carbocycles. The Morgan fingerprint density at radius 2 is 2.05 bits per heavy atom. The molecule has 0 bridgehead atoms. The summed E-state index contributed by atoms with van der Waals surface area (Å²) >= 11 is 1.61. The minimum absolute atomic E-state index is 0.630. The second kappa shape index (κ2) is 6.88. The zero-order valence-corrected chi connectivity index (χ0v) is 12.1. The topological polar surface area (TPSA) is 59.0 Å². The van der Waals surface area contributed by atoms with Crippen molar-refractivity contribution in [2.45, 2.75) is 17.6 Å². The minimum atomic E-state index is 0.630. The summed E-state index contributed by atoms with van der Waals surface area (Å²) in [5.74, 6) is 1.53. The van der Waals surface area contributed by atoms with Crippen LogP contribution in [0.4, 0.5) is 5.69 Å². The normalized spacial score (nSPS) is 10.0. The van der Waals surface area contributed by atoms with Crippen LogP contribution < -0.4 is 10.5 Å². The van der Waals surface area contributed by atoms with Gasteiger partial charge in [0.15, 0.2) is 0 Å². The number of benzene rings is 2. The molecule has 0 radical (unpaired) electrons. The SMILES string of the molecule is CCOc1ccc(N)c(SCc2ccccc2C#N)c1. The zero-order chi connectivity index (χ0) is 14.4. The van der Waals surface area contributed by atoms with E-state index < -0.39 is 0 Å². The van der Waals surface area contributed by atoms with Gasteiger partial charge in [0.2, 0.25) is 0 Å². The highest BCUT2D eigenvalue weighted by atomic mass is 32.2. The summed E-state index contributed by atoms with van der Waals surface area (Å²) < 4.78 is 5.48. The summed E-state index contributed by atoms with van der Waals surface area (Å²) in [6.07, 6.45) is 0. The van der Waals surface area contributed by atoms with Crippen LogP contribution in [0.5, 0.6) is 5.75 Å². The first-order valence-corrected chi connectivity index (χ1v) is 7.36. The molecule has 3 nitrogen and oxygen atoms in total. The Hall–Kier alpha value is -2.12. The molecule has 0 unspecified atom stereocenters. The molecule has 20 heavy (non-hydrogen) atoms. The monoisotopic (exact) mass is 284 g/mol. The van der Waals surface area contributed by atoms with Crippen molar-refractivity contribution >= 4 is 17.4 Å². The predicted molar refractivity (Wildman–Crippen MR) is 82.7 cm³/mol. The van der Waals surface area contributed by atoms with Gasteiger partial charge in [0, 0.05) is 16.3 Å². The summed E-state index contributed by atoms with van der Waals surface area (Å²) in [5.41, 5.74) is 8.43. The van der Waals surface area contributed by atoms with Crippen molar-refractivity contribution in [3.8, 4) is 11.8 Å². The number of nitrogens with two attached hydrogens (primary N) is 1. The lowest BCUT2D eigenvalue weighted by molar-refractivity contribution is 0.339. The Bertz CT molecular complexity index is 635. The Morgan fingerprint density at radius 3 is 2.80 bits per heavy atom. The van der Waals surface area contributed by atoms with Crippen LogP contribution in [0.1, 0.15) is 18.1 Å². The van der Waals surface area contributed by atoms with Crippen LogP contribution in [0, 0.1) is 11.3 Å². The van der Waals surface area contributed by atoms with E-state index >= 15 is 0 Å². The van der Waals surface area contributed by atoms with Gasteiger partial charge in [0.25, 0.3) is 0 Å². The van der Waals surface area contributed by atoms with Crippen molar-refractivity contribution in [1.29, 1.82) is 5.26 Å². The van der Waals surface area contributed by atoms with Gasteiger partial charge in [-0.25, -0.2) is 0 Å². The first-order valence-electron chi connectivity index (χ1n) is 6.37. The van der Waals surface area contributed by atoms with Gasteiger partial charge in [-0.3, -0.25) is 0 Å². The molecule has 4 heteroatoms. The number of hydrogen-bond donors (Lipinski definition) is 1. The van der Waals surface area contributed by atoms with E-state index in [1.807, 2.05) is 49.4 Å². The van der Waals surface area contributed by atoms with E-state index in [-0.39, 0.29) is 0 Å². The van der Waals surface area contributed by atoms with Crippen molar-refractivity contribution < 1.29 is 4.74 Å². The van der Waals surface area contributed by atoms with Gasteiger partial charge in [0.1, 0.15) is 5.75 Å². The predicted octanol–water partition coefficient (Wildman–Crippen LogP) is 3.83. The largest absolute Gasteiger partial charge is 0.494 e. The van der Waals surface area contributed by atoms with Gasteiger partial charge in [-0.2, -0.15) is 5.26 Å². The third-order valence-electron chi connectivity index (χ3n) is 2.82. The summed E-state index contributed by atoms with van der Waals surface area (Å²) in [6, 6.07) is 15.5. The first kappa shape index (κ1) is 14.3. The van der Waals surface area contributed by atoms with Crippen molar-refractivity contribution in [2.75, 3.05) is 12.3 Å². The quantitative estimate of drug-likeness (QED) is 0.669. The molecular weight excluding hydrogens is 268 g/mol. The van der Waals surface area contributed by atoms with Gasteiger partial charge in [0.05, 0.1) is 18.2 Å². The number of thioether (sulfide) groups is 1. The van der Waals surface area contributed by atoms with Crippen LogP contribution in [0.15, 0.2) is 47.4 Å². The molecule has 102 valence electrons. The zero-order valence-electron chi connectivity index (χ0n) is 11.3. The van der Waals surface area contributed by atoms with Crippen LogP contribution in [0.25, 0.3) is 0 Å². The summed E-state index contributed by atoms with van der Waals surface area (Å²) in [7, 11) is 0. The molecule has 2 rings (SSSR count). The second-order valence-corrected chi connectivity index (χ2v) is 5.21. The standard InChI is InChI=1S/C16H16N2OS/c1-2-19-14-7-8-15(18)16(9-14)20-11-13-6-4-3-5-12(13)10-17/h3-9H,2,11,18H2,1H3. The number of anilines is 1. The highest BCUT2D eigenvalue weighted by Gasteiger charge is 2.06. The number of nitrogens with zero attached hydrogens (tertiary/aromatic N) is 1. The molecule has 0 fully saturated rings. The number of hydrogen-bond acceptors (Lipinski definition) is 4. The minimum Gasteiger partial charge on any atom is -0.494 e. The lowest BCUT2D eigenvalue weighted by atomic mass is 10.1. The third-order valence-corrected chi connectivity index (χ3v) is 3.94. The van der Waals surface area contributed by atoms with Crippen LogP contribution in [-0.4, -0.2) is 6.61 Å². The first-order chi connectivity index (χ1) is 9.74. The maximum Gasteiger partial charge on any atom is 0.120 e. The van der Waals surface area contributed by atoms with E-state index in [2.05, 4.69) is 6.07 Å². The van der Waals surface area contributed by atoms with Gasteiger partial charge < -0.3 is 10.5 Å². The van der Waals surface area contributed by atoms with E-state index in [9.17, 15) is 0 Å². The maximum atomic E-state index is 9.08. The smallest absolute Gasteiger partial charge is 0.120 e. The fraction of sp³-hybridized carbons (Fsp3) is 0.188. The molecule has 2 aromatic carbocycles. The molecule has 0 atom stereocenters. The van der Waals surface area contributed by atoms with Crippen LogP contribution in [-0.2, 0) is 5.75 Å². The number of nitriles is 1. The van der Waals surface area contributed by atoms with Crippen molar-refractivity contribution in [3.63, 3.8) is 0 Å². The summed E-state index contributed by atoms with van der Waals surface area (Å²) in [6.45, 7) is 2.58. The molecule has 0 spiro atoms. The van der Waals surface area contributed by atoms with E-state index in [1.165, 1.54) is 0 Å².